The average molecular weight is 453 g/mol. The van der Waals surface area contributed by atoms with E-state index in [-0.39, 0.29) is 6.61 Å². The van der Waals surface area contributed by atoms with Gasteiger partial charge in [0.25, 0.3) is 0 Å². The van der Waals surface area contributed by atoms with Crippen LogP contribution in [0.15, 0.2) is 84.9 Å². The molecule has 168 valence electrons. The Morgan fingerprint density at radius 1 is 0.938 bits per heavy atom. The third-order valence-electron chi connectivity index (χ3n) is 5.01. The Hall–Kier alpha value is -3.02. The van der Waals surface area contributed by atoms with Gasteiger partial charge in [0.2, 0.25) is 0 Å². The van der Waals surface area contributed by atoms with Crippen molar-refractivity contribution in [2.45, 2.75) is 26.2 Å². The highest BCUT2D eigenvalue weighted by molar-refractivity contribution is 6.61. The van der Waals surface area contributed by atoms with Crippen LogP contribution in [0.4, 0.5) is 10.5 Å². The van der Waals surface area contributed by atoms with E-state index in [9.17, 15) is 4.79 Å². The molecule has 4 rings (SSSR count). The van der Waals surface area contributed by atoms with Gasteiger partial charge in [0, 0.05) is 43.0 Å². The summed E-state index contributed by atoms with van der Waals surface area (Å²) in [6, 6.07) is 28.6. The monoisotopic (exact) mass is 452 g/mol. The van der Waals surface area contributed by atoms with Crippen molar-refractivity contribution in [3.8, 4) is 5.75 Å². The van der Waals surface area contributed by atoms with E-state index in [2.05, 4.69) is 58.3 Å². The van der Waals surface area contributed by atoms with Crippen LogP contribution in [0.2, 0.25) is 0 Å². The molecule has 32 heavy (non-hydrogen) atoms. The summed E-state index contributed by atoms with van der Waals surface area (Å²) in [4.78, 5) is 12.6. The number of rotatable bonds is 6. The minimum Gasteiger partial charge on any atom is -0.489 e. The van der Waals surface area contributed by atoms with Gasteiger partial charge in [-0.15, -0.1) is 0 Å². The second kappa shape index (κ2) is 12.7. The van der Waals surface area contributed by atoms with Crippen LogP contribution in [-0.2, 0) is 18.0 Å². The van der Waals surface area contributed by atoms with Crippen LogP contribution < -0.4 is 15.0 Å². The molecule has 0 aliphatic carbocycles. The van der Waals surface area contributed by atoms with Crippen molar-refractivity contribution in [1.29, 1.82) is 0 Å². The summed E-state index contributed by atoms with van der Waals surface area (Å²) < 4.78 is 10.4. The van der Waals surface area contributed by atoms with Crippen LogP contribution in [-0.4, -0.2) is 31.1 Å². The van der Waals surface area contributed by atoms with E-state index < -0.39 is 5.43 Å². The van der Waals surface area contributed by atoms with Crippen LogP contribution in [0.3, 0.4) is 0 Å². The predicted molar refractivity (Wildman–Crippen MR) is 129 cm³/mol. The number of hydrogen-bond acceptors (Lipinski definition) is 5. The van der Waals surface area contributed by atoms with Crippen molar-refractivity contribution in [3.63, 3.8) is 0 Å². The van der Waals surface area contributed by atoms with Crippen molar-refractivity contribution >= 4 is 22.7 Å². The van der Waals surface area contributed by atoms with Gasteiger partial charge in [-0.1, -0.05) is 60.7 Å². The molecule has 5 nitrogen and oxygen atoms in total. The summed E-state index contributed by atoms with van der Waals surface area (Å²) in [6.45, 7) is 6.25. The highest BCUT2D eigenvalue weighted by Gasteiger charge is 2.15. The Labute approximate surface area is 194 Å². The number of anilines is 1. The zero-order valence-electron chi connectivity index (χ0n) is 18.2. The van der Waals surface area contributed by atoms with E-state index in [0.29, 0.717) is 12.6 Å². The maximum atomic E-state index is 10.2. The average Bonchev–Trinajstić information content (AvgIpc) is 2.83. The van der Waals surface area contributed by atoms with E-state index in [1.165, 1.54) is 11.3 Å². The molecule has 1 aliphatic heterocycles. The van der Waals surface area contributed by atoms with Crippen LogP contribution in [0.25, 0.3) is 0 Å². The number of nitrogens with zero attached hydrogens (tertiary/aromatic N) is 1. The van der Waals surface area contributed by atoms with Gasteiger partial charge in [0.1, 0.15) is 19.0 Å². The van der Waals surface area contributed by atoms with Gasteiger partial charge in [0.05, 0.1) is 0 Å². The van der Waals surface area contributed by atoms with Gasteiger partial charge in [0.15, 0.2) is 0 Å². The van der Waals surface area contributed by atoms with Gasteiger partial charge in [-0.05, 0) is 42.3 Å². The number of benzene rings is 3. The molecule has 6 heteroatoms. The highest BCUT2D eigenvalue weighted by Crippen LogP contribution is 2.21. The van der Waals surface area contributed by atoms with Crippen LogP contribution >= 0.6 is 11.6 Å². The number of ether oxygens (including phenoxy) is 2. The zero-order chi connectivity index (χ0) is 22.6. The fourth-order valence-corrected chi connectivity index (χ4v) is 3.43. The number of carbonyl (C=O) groups excluding carboxylic acids is 1. The fraction of sp³-hybridized carbons (Fsp3) is 0.269. The third-order valence-corrected chi connectivity index (χ3v) is 5.12. The first-order valence-corrected chi connectivity index (χ1v) is 11.1. The molecule has 0 saturated carbocycles. The summed E-state index contributed by atoms with van der Waals surface area (Å²) in [7, 11) is 0. The molecule has 1 atom stereocenters. The van der Waals surface area contributed by atoms with Crippen molar-refractivity contribution in [2.75, 3.05) is 24.5 Å². The van der Waals surface area contributed by atoms with Gasteiger partial charge >= 0.3 is 5.43 Å². The SMILES string of the molecule is C[C@@H]1CN(c2ccc(OCc3ccccc3)cc2)CCN1.O=C(Cl)OCc1ccccc1. The van der Waals surface area contributed by atoms with Gasteiger partial charge < -0.3 is 19.7 Å². The fourth-order valence-electron chi connectivity index (χ4n) is 3.38. The van der Waals surface area contributed by atoms with Crippen molar-refractivity contribution in [2.24, 2.45) is 0 Å². The summed E-state index contributed by atoms with van der Waals surface area (Å²) in [6.07, 6.45) is 0. The molecule has 0 aromatic heterocycles. The van der Waals surface area contributed by atoms with Crippen molar-refractivity contribution < 1.29 is 14.3 Å². The third kappa shape index (κ3) is 8.25. The van der Waals surface area contributed by atoms with Crippen LogP contribution in [0.5, 0.6) is 5.75 Å². The maximum absolute atomic E-state index is 10.2. The van der Waals surface area contributed by atoms with Gasteiger partial charge in [-0.3, -0.25) is 0 Å². The van der Waals surface area contributed by atoms with Crippen molar-refractivity contribution in [1.82, 2.24) is 5.32 Å². The number of piperazine rings is 1. The zero-order valence-corrected chi connectivity index (χ0v) is 19.0. The Morgan fingerprint density at radius 3 is 2.09 bits per heavy atom. The molecule has 1 N–H and O–H groups in total. The first-order valence-electron chi connectivity index (χ1n) is 10.7. The minimum absolute atomic E-state index is 0.239. The lowest BCUT2D eigenvalue weighted by molar-refractivity contribution is 0.167. The lowest BCUT2D eigenvalue weighted by Crippen LogP contribution is -2.49. The van der Waals surface area contributed by atoms with Crippen molar-refractivity contribution in [3.05, 3.63) is 96.1 Å². The lowest BCUT2D eigenvalue weighted by atomic mass is 10.2. The molecule has 1 aliphatic rings. The van der Waals surface area contributed by atoms with E-state index in [1.807, 2.05) is 48.5 Å². The summed E-state index contributed by atoms with van der Waals surface area (Å²) in [5.41, 5.74) is 2.63. The molecule has 3 aromatic carbocycles. The molecule has 0 radical (unpaired) electrons. The standard InChI is InChI=1S/C18H22N2O.C8H7ClO2/c1-15-13-20(12-11-19-15)17-7-9-18(10-8-17)21-14-16-5-3-2-4-6-16;9-8(10)11-6-7-4-2-1-3-5-7/h2-10,15,19H,11-14H2,1H3;1-5H,6H2/t15-;/m1./s1. The maximum Gasteiger partial charge on any atom is 0.404 e. The molecule has 1 heterocycles. The van der Waals surface area contributed by atoms with Gasteiger partial charge in [-0.25, -0.2) is 4.79 Å². The number of hydrogen-bond donors (Lipinski definition) is 1. The van der Waals surface area contributed by atoms with Gasteiger partial charge in [-0.2, -0.15) is 0 Å². The van der Waals surface area contributed by atoms with E-state index in [1.54, 1.807) is 0 Å². The number of nitrogens with one attached hydrogen (secondary N) is 1. The van der Waals surface area contributed by atoms with E-state index >= 15 is 0 Å². The molecule has 1 fully saturated rings. The Kier molecular flexibility index (Phi) is 9.41. The van der Waals surface area contributed by atoms with Crippen LogP contribution in [0.1, 0.15) is 18.1 Å². The molecular weight excluding hydrogens is 424 g/mol. The molecule has 0 amide bonds. The smallest absolute Gasteiger partial charge is 0.404 e. The molecule has 0 unspecified atom stereocenters. The minimum atomic E-state index is -0.770. The number of carbonyl (C=O) groups is 1. The topological polar surface area (TPSA) is 50.8 Å². The Bertz CT molecular complexity index is 936. The largest absolute Gasteiger partial charge is 0.489 e. The summed E-state index contributed by atoms with van der Waals surface area (Å²) in [5.74, 6) is 0.922. The molecule has 0 bridgehead atoms. The molecule has 1 saturated heterocycles. The molecule has 0 spiro atoms. The number of halogens is 1. The molecule has 3 aromatic rings. The summed E-state index contributed by atoms with van der Waals surface area (Å²) >= 11 is 4.97. The highest BCUT2D eigenvalue weighted by atomic mass is 35.5. The summed E-state index contributed by atoms with van der Waals surface area (Å²) in [5, 5.41) is 3.47. The molecular formula is C26H29ClN2O3. The first kappa shape index (κ1) is 23.6. The first-order chi connectivity index (χ1) is 15.6. The van der Waals surface area contributed by atoms with E-state index in [4.69, 9.17) is 16.3 Å². The van der Waals surface area contributed by atoms with Crippen LogP contribution in [0, 0.1) is 0 Å². The quantitative estimate of drug-likeness (QED) is 0.491. The second-order valence-corrected chi connectivity index (χ2v) is 7.89. The Morgan fingerprint density at radius 2 is 1.53 bits per heavy atom. The normalized spacial score (nSPS) is 15.3. The predicted octanol–water partition coefficient (Wildman–Crippen LogP) is 5.63. The lowest BCUT2D eigenvalue weighted by Gasteiger charge is -2.33. The van der Waals surface area contributed by atoms with E-state index in [0.717, 1.165) is 30.9 Å². The Balaban J connectivity index is 0.000000222. The second-order valence-electron chi connectivity index (χ2n) is 7.58.